The largest absolute Gasteiger partial charge is 0.507 e. The number of non-ortho nitro benzene ring substituents is 1. The Morgan fingerprint density at radius 2 is 1.42 bits per heavy atom. The maximum Gasteiger partial charge on any atom is 0.326 e. The summed E-state index contributed by atoms with van der Waals surface area (Å²) in [4.78, 5) is 35.4. The Morgan fingerprint density at radius 1 is 0.806 bits per heavy atom. The Hall–Kier alpha value is -4.98. The second-order valence-corrected chi connectivity index (χ2v) is 8.17. The lowest BCUT2D eigenvalue weighted by Crippen LogP contribution is -2.42. The van der Waals surface area contributed by atoms with Crippen molar-refractivity contribution in [2.45, 2.75) is 12.5 Å². The smallest absolute Gasteiger partial charge is 0.326 e. The number of aliphatic carboxylic acids is 1. The van der Waals surface area contributed by atoms with Crippen LogP contribution in [0, 0.1) is 10.1 Å². The lowest BCUT2D eigenvalue weighted by atomic mass is 9.99. The first-order valence-corrected chi connectivity index (χ1v) is 11.1. The van der Waals surface area contributed by atoms with Crippen LogP contribution in [-0.4, -0.2) is 33.1 Å². The summed E-state index contributed by atoms with van der Waals surface area (Å²) in [6.45, 7) is 0. The number of hydrogen-bond acceptors (Lipinski definition) is 5. The van der Waals surface area contributed by atoms with Crippen LogP contribution in [0.3, 0.4) is 0 Å². The number of nitrogens with zero attached hydrogens (tertiary/aromatic N) is 1. The van der Waals surface area contributed by atoms with Gasteiger partial charge in [-0.05, 0) is 39.9 Å². The molecule has 0 saturated carbocycles. The van der Waals surface area contributed by atoms with Gasteiger partial charge in [-0.15, -0.1) is 0 Å². The third-order valence-electron chi connectivity index (χ3n) is 5.74. The van der Waals surface area contributed by atoms with Gasteiger partial charge in [-0.25, -0.2) is 4.79 Å². The van der Waals surface area contributed by atoms with Gasteiger partial charge >= 0.3 is 5.97 Å². The second kappa shape index (κ2) is 10.5. The van der Waals surface area contributed by atoms with Gasteiger partial charge in [0.25, 0.3) is 11.6 Å². The molecule has 1 amide bonds. The molecule has 8 heteroatoms. The van der Waals surface area contributed by atoms with Crippen molar-refractivity contribution in [1.82, 2.24) is 5.32 Å². The molecule has 0 bridgehead atoms. The molecule has 0 aliphatic carbocycles. The Balaban J connectivity index is 1.52. The molecule has 0 heterocycles. The van der Waals surface area contributed by atoms with Crippen molar-refractivity contribution < 1.29 is 24.7 Å². The van der Waals surface area contributed by atoms with Gasteiger partial charge in [0, 0.05) is 18.6 Å². The molecule has 8 nitrogen and oxygen atoms in total. The summed E-state index contributed by atoms with van der Waals surface area (Å²) in [5.41, 5.74) is 3.43. The highest BCUT2D eigenvalue weighted by Gasteiger charge is 2.23. The van der Waals surface area contributed by atoms with Crippen molar-refractivity contribution in [1.29, 1.82) is 0 Å². The number of phenolic OH excluding ortho intramolecular Hbond substituents is 1. The SMILES string of the molecule is O=C(NC(Cc1ccc(-c2ccccc2)cc1)C(=O)O)c1cc(-c2cccc([N+](=O)[O-])c2)ccc1O. The average molecular weight is 482 g/mol. The van der Waals surface area contributed by atoms with Gasteiger partial charge in [-0.1, -0.05) is 72.8 Å². The lowest BCUT2D eigenvalue weighted by Gasteiger charge is -2.16. The molecule has 4 aromatic rings. The molecule has 0 fully saturated rings. The quantitative estimate of drug-likeness (QED) is 0.238. The van der Waals surface area contributed by atoms with E-state index in [2.05, 4.69) is 5.32 Å². The number of hydrogen-bond donors (Lipinski definition) is 3. The Morgan fingerprint density at radius 3 is 2.08 bits per heavy atom. The van der Waals surface area contributed by atoms with Crippen LogP contribution in [-0.2, 0) is 11.2 Å². The fourth-order valence-corrected chi connectivity index (χ4v) is 3.83. The van der Waals surface area contributed by atoms with Gasteiger partial charge < -0.3 is 15.5 Å². The van der Waals surface area contributed by atoms with E-state index >= 15 is 0 Å². The fourth-order valence-electron chi connectivity index (χ4n) is 3.83. The number of aromatic hydroxyl groups is 1. The van der Waals surface area contributed by atoms with Crippen molar-refractivity contribution >= 4 is 17.6 Å². The number of benzene rings is 4. The van der Waals surface area contributed by atoms with Crippen LogP contribution in [0.1, 0.15) is 15.9 Å². The molecule has 4 aromatic carbocycles. The van der Waals surface area contributed by atoms with Crippen LogP contribution in [0.15, 0.2) is 97.1 Å². The highest BCUT2D eigenvalue weighted by Crippen LogP contribution is 2.28. The number of rotatable bonds is 8. The number of carboxylic acids is 1. The molecule has 0 aliphatic rings. The minimum absolute atomic E-state index is 0.0431. The summed E-state index contributed by atoms with van der Waals surface area (Å²) in [7, 11) is 0. The number of nitrogens with one attached hydrogen (secondary N) is 1. The zero-order valence-corrected chi connectivity index (χ0v) is 19.0. The number of phenols is 1. The van der Waals surface area contributed by atoms with Crippen molar-refractivity contribution in [3.63, 3.8) is 0 Å². The maximum absolute atomic E-state index is 12.9. The van der Waals surface area contributed by atoms with Crippen LogP contribution in [0.2, 0.25) is 0 Å². The molecule has 0 spiro atoms. The highest BCUT2D eigenvalue weighted by atomic mass is 16.6. The van der Waals surface area contributed by atoms with E-state index in [9.17, 15) is 29.9 Å². The molecule has 0 radical (unpaired) electrons. The molecule has 180 valence electrons. The summed E-state index contributed by atoms with van der Waals surface area (Å²) < 4.78 is 0. The second-order valence-electron chi connectivity index (χ2n) is 8.17. The van der Waals surface area contributed by atoms with E-state index in [1.807, 2.05) is 54.6 Å². The number of amides is 1. The Labute approximate surface area is 206 Å². The van der Waals surface area contributed by atoms with Crippen LogP contribution >= 0.6 is 0 Å². The van der Waals surface area contributed by atoms with E-state index in [4.69, 9.17) is 0 Å². The Bertz CT molecular complexity index is 1420. The fraction of sp³-hybridized carbons (Fsp3) is 0.0714. The number of carboxylic acid groups (broad SMARTS) is 1. The molecule has 1 atom stereocenters. The standard InChI is InChI=1S/C28H22N2O6/c31-26-14-13-22(21-7-4-8-23(16-21)30(35)36)17-24(26)27(32)29-25(28(33)34)15-18-9-11-20(12-10-18)19-5-2-1-3-6-19/h1-14,16-17,25,31H,15H2,(H,29,32)(H,33,34). The van der Waals surface area contributed by atoms with Crippen LogP contribution < -0.4 is 5.32 Å². The van der Waals surface area contributed by atoms with E-state index in [1.165, 1.54) is 36.4 Å². The van der Waals surface area contributed by atoms with Crippen LogP contribution in [0.4, 0.5) is 5.69 Å². The molecule has 1 unspecified atom stereocenters. The third-order valence-corrected chi connectivity index (χ3v) is 5.74. The molecule has 0 aromatic heterocycles. The number of nitro benzene ring substituents is 1. The molecule has 0 aliphatic heterocycles. The minimum atomic E-state index is -1.24. The summed E-state index contributed by atoms with van der Waals surface area (Å²) in [5.74, 6) is -2.32. The molecule has 36 heavy (non-hydrogen) atoms. The third kappa shape index (κ3) is 5.56. The zero-order chi connectivity index (χ0) is 25.7. The van der Waals surface area contributed by atoms with Gasteiger partial charge in [0.1, 0.15) is 11.8 Å². The van der Waals surface area contributed by atoms with Crippen molar-refractivity contribution in [3.8, 4) is 28.0 Å². The normalized spacial score (nSPS) is 11.4. The van der Waals surface area contributed by atoms with Crippen molar-refractivity contribution in [3.05, 3.63) is 118 Å². The summed E-state index contributed by atoms with van der Waals surface area (Å²) in [5, 5.41) is 33.5. The molecule has 0 saturated heterocycles. The maximum atomic E-state index is 12.9. The predicted octanol–water partition coefficient (Wildman–Crippen LogP) is 5.06. The number of nitro groups is 1. The molecule has 4 rings (SSSR count). The van der Waals surface area contributed by atoms with Gasteiger partial charge in [0.2, 0.25) is 0 Å². The topological polar surface area (TPSA) is 130 Å². The first-order valence-electron chi connectivity index (χ1n) is 11.1. The van der Waals surface area contributed by atoms with Crippen LogP contribution in [0.25, 0.3) is 22.3 Å². The molecular formula is C28H22N2O6. The van der Waals surface area contributed by atoms with Crippen molar-refractivity contribution in [2.24, 2.45) is 0 Å². The minimum Gasteiger partial charge on any atom is -0.507 e. The lowest BCUT2D eigenvalue weighted by molar-refractivity contribution is -0.384. The molecular weight excluding hydrogens is 460 g/mol. The average Bonchev–Trinajstić information content (AvgIpc) is 2.89. The van der Waals surface area contributed by atoms with E-state index in [0.29, 0.717) is 11.1 Å². The Kier molecular flexibility index (Phi) is 7.06. The van der Waals surface area contributed by atoms with Gasteiger partial charge in [0.15, 0.2) is 0 Å². The summed E-state index contributed by atoms with van der Waals surface area (Å²) in [6.07, 6.45) is 0.0431. The monoisotopic (exact) mass is 482 g/mol. The van der Waals surface area contributed by atoms with E-state index in [-0.39, 0.29) is 23.4 Å². The van der Waals surface area contributed by atoms with E-state index in [1.54, 1.807) is 6.07 Å². The zero-order valence-electron chi connectivity index (χ0n) is 19.0. The molecule has 3 N–H and O–H groups in total. The van der Waals surface area contributed by atoms with Gasteiger partial charge in [0.05, 0.1) is 10.5 Å². The first-order chi connectivity index (χ1) is 17.3. The van der Waals surface area contributed by atoms with Gasteiger partial charge in [-0.3, -0.25) is 14.9 Å². The van der Waals surface area contributed by atoms with E-state index < -0.39 is 22.8 Å². The van der Waals surface area contributed by atoms with Crippen molar-refractivity contribution in [2.75, 3.05) is 0 Å². The predicted molar refractivity (Wildman–Crippen MR) is 135 cm³/mol. The van der Waals surface area contributed by atoms with Crippen LogP contribution in [0.5, 0.6) is 5.75 Å². The number of carbonyl (C=O) groups is 2. The van der Waals surface area contributed by atoms with E-state index in [0.717, 1.165) is 16.7 Å². The number of carbonyl (C=O) groups excluding carboxylic acids is 1. The summed E-state index contributed by atoms with van der Waals surface area (Å²) >= 11 is 0. The van der Waals surface area contributed by atoms with Gasteiger partial charge in [-0.2, -0.15) is 0 Å². The summed E-state index contributed by atoms with van der Waals surface area (Å²) in [6, 6.07) is 26.0. The highest BCUT2D eigenvalue weighted by molar-refractivity contribution is 6.00. The first kappa shape index (κ1) is 24.2.